The summed E-state index contributed by atoms with van der Waals surface area (Å²) in [7, 11) is 3.79. The van der Waals surface area contributed by atoms with E-state index in [2.05, 4.69) is 18.9 Å². The van der Waals surface area contributed by atoms with Crippen LogP contribution in [0.2, 0.25) is 0 Å². The van der Waals surface area contributed by atoms with Gasteiger partial charge in [-0.15, -0.1) is 0 Å². The summed E-state index contributed by atoms with van der Waals surface area (Å²) in [5.74, 6) is 0. The third kappa shape index (κ3) is 6.84. The average molecular weight is 218 g/mol. The fourth-order valence-corrected chi connectivity index (χ4v) is 1.57. The van der Waals surface area contributed by atoms with Crippen LogP contribution in [0.3, 0.4) is 0 Å². The van der Waals surface area contributed by atoms with Crippen molar-refractivity contribution in [2.75, 3.05) is 33.9 Å². The maximum absolute atomic E-state index is 9.08. The van der Waals surface area contributed by atoms with Crippen molar-refractivity contribution in [2.45, 2.75) is 38.3 Å². The van der Waals surface area contributed by atoms with Crippen LogP contribution in [0.5, 0.6) is 0 Å². The van der Waals surface area contributed by atoms with E-state index < -0.39 is 5.54 Å². The average Bonchev–Trinajstić information content (AvgIpc) is 2.17. The van der Waals surface area contributed by atoms with Crippen molar-refractivity contribution in [1.29, 1.82) is 0 Å². The third-order valence-electron chi connectivity index (χ3n) is 2.73. The first-order valence-electron chi connectivity index (χ1n) is 5.52. The molecule has 0 aromatic heterocycles. The van der Waals surface area contributed by atoms with Gasteiger partial charge in [-0.25, -0.2) is 0 Å². The number of aliphatic hydroxyl groups is 1. The molecule has 0 aliphatic heterocycles. The Hall–Kier alpha value is -0.160. The van der Waals surface area contributed by atoms with Gasteiger partial charge in [0.1, 0.15) is 0 Å². The van der Waals surface area contributed by atoms with Crippen LogP contribution in [0.1, 0.15) is 26.7 Å². The molecular formula is C11H26N2O2. The van der Waals surface area contributed by atoms with Crippen molar-refractivity contribution in [3.05, 3.63) is 0 Å². The molecule has 4 heteroatoms. The SMILES string of the molecule is COCCCN(C)C(C)CC(C)(N)CO. The van der Waals surface area contributed by atoms with E-state index in [0.717, 1.165) is 26.0 Å². The van der Waals surface area contributed by atoms with Crippen LogP contribution >= 0.6 is 0 Å². The Balaban J connectivity index is 3.82. The zero-order valence-corrected chi connectivity index (χ0v) is 10.5. The van der Waals surface area contributed by atoms with Gasteiger partial charge in [0.25, 0.3) is 0 Å². The molecule has 2 atom stereocenters. The van der Waals surface area contributed by atoms with Crippen LogP contribution in [0.25, 0.3) is 0 Å². The Morgan fingerprint density at radius 2 is 2.13 bits per heavy atom. The van der Waals surface area contributed by atoms with Crippen molar-refractivity contribution >= 4 is 0 Å². The van der Waals surface area contributed by atoms with Crippen LogP contribution in [-0.4, -0.2) is 55.5 Å². The standard InChI is InChI=1S/C11H26N2O2/c1-10(8-11(2,12)9-14)13(3)6-5-7-15-4/h10,14H,5-9,12H2,1-4H3. The molecule has 4 nitrogen and oxygen atoms in total. The number of rotatable bonds is 8. The maximum atomic E-state index is 9.08. The number of nitrogens with two attached hydrogens (primary N) is 1. The van der Waals surface area contributed by atoms with Gasteiger partial charge in [0.15, 0.2) is 0 Å². The lowest BCUT2D eigenvalue weighted by molar-refractivity contribution is 0.138. The second-order valence-electron chi connectivity index (χ2n) is 4.69. The highest BCUT2D eigenvalue weighted by molar-refractivity contribution is 4.82. The van der Waals surface area contributed by atoms with Gasteiger partial charge >= 0.3 is 0 Å². The van der Waals surface area contributed by atoms with Gasteiger partial charge in [-0.1, -0.05) is 0 Å². The van der Waals surface area contributed by atoms with Gasteiger partial charge in [0, 0.05) is 31.8 Å². The molecule has 0 aliphatic rings. The quantitative estimate of drug-likeness (QED) is 0.581. The summed E-state index contributed by atoms with van der Waals surface area (Å²) in [4.78, 5) is 2.25. The molecule has 0 aliphatic carbocycles. The molecule has 0 saturated heterocycles. The van der Waals surface area contributed by atoms with Crippen molar-refractivity contribution in [3.63, 3.8) is 0 Å². The van der Waals surface area contributed by atoms with Crippen molar-refractivity contribution in [3.8, 4) is 0 Å². The van der Waals surface area contributed by atoms with Crippen LogP contribution in [0.15, 0.2) is 0 Å². The van der Waals surface area contributed by atoms with Crippen LogP contribution in [0, 0.1) is 0 Å². The summed E-state index contributed by atoms with van der Waals surface area (Å²) in [5.41, 5.74) is 5.43. The minimum absolute atomic E-state index is 0.0310. The second kappa shape index (κ2) is 7.17. The molecule has 0 aromatic rings. The van der Waals surface area contributed by atoms with E-state index in [9.17, 15) is 0 Å². The summed E-state index contributed by atoms with van der Waals surface area (Å²) in [6.07, 6.45) is 1.82. The van der Waals surface area contributed by atoms with Gasteiger partial charge in [-0.05, 0) is 33.7 Å². The number of ether oxygens (including phenoxy) is 1. The minimum atomic E-state index is -0.477. The molecule has 3 N–H and O–H groups in total. The summed E-state index contributed by atoms with van der Waals surface area (Å²) >= 11 is 0. The number of methoxy groups -OCH3 is 1. The molecule has 15 heavy (non-hydrogen) atoms. The van der Waals surface area contributed by atoms with Crippen molar-refractivity contribution in [2.24, 2.45) is 5.73 Å². The lowest BCUT2D eigenvalue weighted by atomic mass is 9.95. The molecule has 0 aromatic carbocycles. The molecule has 92 valence electrons. The Kier molecular flexibility index (Phi) is 7.09. The molecule has 0 saturated carbocycles. The van der Waals surface area contributed by atoms with Crippen LogP contribution in [-0.2, 0) is 4.74 Å². The number of aliphatic hydroxyl groups excluding tert-OH is 1. The first-order valence-corrected chi connectivity index (χ1v) is 5.52. The third-order valence-corrected chi connectivity index (χ3v) is 2.73. The highest BCUT2D eigenvalue weighted by atomic mass is 16.5. The van der Waals surface area contributed by atoms with E-state index >= 15 is 0 Å². The highest BCUT2D eigenvalue weighted by Crippen LogP contribution is 2.12. The van der Waals surface area contributed by atoms with Gasteiger partial charge in [0.05, 0.1) is 6.61 Å². The molecule has 0 bridgehead atoms. The van der Waals surface area contributed by atoms with Crippen LogP contribution in [0.4, 0.5) is 0 Å². The largest absolute Gasteiger partial charge is 0.394 e. The van der Waals surface area contributed by atoms with E-state index in [1.54, 1.807) is 7.11 Å². The topological polar surface area (TPSA) is 58.7 Å². The van der Waals surface area contributed by atoms with E-state index in [1.807, 2.05) is 6.92 Å². The molecular weight excluding hydrogens is 192 g/mol. The summed E-state index contributed by atoms with van der Waals surface area (Å²) in [5, 5.41) is 9.08. The Labute approximate surface area is 93.4 Å². The first kappa shape index (κ1) is 14.8. The summed E-state index contributed by atoms with van der Waals surface area (Å²) in [6, 6.07) is 0.379. The highest BCUT2D eigenvalue weighted by Gasteiger charge is 2.22. The number of nitrogens with zero attached hydrogens (tertiary/aromatic N) is 1. The van der Waals surface area contributed by atoms with Gasteiger partial charge in [-0.3, -0.25) is 0 Å². The molecule has 0 spiro atoms. The van der Waals surface area contributed by atoms with Gasteiger partial charge < -0.3 is 20.5 Å². The Morgan fingerprint density at radius 1 is 1.53 bits per heavy atom. The van der Waals surface area contributed by atoms with Gasteiger partial charge in [-0.2, -0.15) is 0 Å². The van der Waals surface area contributed by atoms with E-state index in [0.29, 0.717) is 6.04 Å². The maximum Gasteiger partial charge on any atom is 0.0609 e. The minimum Gasteiger partial charge on any atom is -0.394 e. The molecule has 0 heterocycles. The zero-order valence-electron chi connectivity index (χ0n) is 10.5. The summed E-state index contributed by atoms with van der Waals surface area (Å²) in [6.45, 7) is 5.83. The molecule has 2 unspecified atom stereocenters. The van der Waals surface area contributed by atoms with E-state index in [1.165, 1.54) is 0 Å². The molecule has 0 amide bonds. The lowest BCUT2D eigenvalue weighted by Gasteiger charge is -2.31. The number of hydrogen-bond acceptors (Lipinski definition) is 4. The van der Waals surface area contributed by atoms with Crippen LogP contribution < -0.4 is 5.73 Å². The van der Waals surface area contributed by atoms with E-state index in [4.69, 9.17) is 15.6 Å². The fourth-order valence-electron chi connectivity index (χ4n) is 1.57. The summed E-state index contributed by atoms with van der Waals surface area (Å²) < 4.78 is 5.00. The smallest absolute Gasteiger partial charge is 0.0609 e. The second-order valence-corrected chi connectivity index (χ2v) is 4.69. The molecule has 0 fully saturated rings. The zero-order chi connectivity index (χ0) is 11.9. The lowest BCUT2D eigenvalue weighted by Crippen LogP contribution is -2.46. The predicted molar refractivity (Wildman–Crippen MR) is 62.9 cm³/mol. The molecule has 0 radical (unpaired) electrons. The normalized spacial score (nSPS) is 17.8. The number of hydrogen-bond donors (Lipinski definition) is 2. The fraction of sp³-hybridized carbons (Fsp3) is 1.00. The Morgan fingerprint density at radius 3 is 2.60 bits per heavy atom. The van der Waals surface area contributed by atoms with Gasteiger partial charge in [0.2, 0.25) is 0 Å². The van der Waals surface area contributed by atoms with Crippen molar-refractivity contribution in [1.82, 2.24) is 4.90 Å². The van der Waals surface area contributed by atoms with Crippen molar-refractivity contribution < 1.29 is 9.84 Å². The monoisotopic (exact) mass is 218 g/mol. The predicted octanol–water partition coefficient (Wildman–Crippen LogP) is 0.443. The van der Waals surface area contributed by atoms with E-state index in [-0.39, 0.29) is 6.61 Å². The molecule has 0 rings (SSSR count). The first-order chi connectivity index (χ1) is 6.93. The Bertz CT molecular complexity index is 163.